The van der Waals surface area contributed by atoms with Gasteiger partial charge in [0.1, 0.15) is 11.3 Å². The molecule has 2 aromatic carbocycles. The molecule has 0 bridgehead atoms. The van der Waals surface area contributed by atoms with Crippen molar-refractivity contribution in [3.63, 3.8) is 0 Å². The molecule has 2 aromatic heterocycles. The summed E-state index contributed by atoms with van der Waals surface area (Å²) in [6, 6.07) is 18.6. The number of nitrogens with two attached hydrogens (primary N) is 1. The minimum absolute atomic E-state index is 0.0131. The summed E-state index contributed by atoms with van der Waals surface area (Å²) in [5, 5.41) is 10.6. The highest BCUT2D eigenvalue weighted by atomic mass is 16.1. The van der Waals surface area contributed by atoms with E-state index in [4.69, 9.17) is 5.73 Å². The number of fused-ring (bicyclic) bond motifs is 1. The summed E-state index contributed by atoms with van der Waals surface area (Å²) in [6.07, 6.45) is 0.634. The molecular formula is C19H15N5O. The number of benzene rings is 2. The molecule has 2 heterocycles. The first kappa shape index (κ1) is 15.0. The van der Waals surface area contributed by atoms with Crippen molar-refractivity contribution in [2.24, 2.45) is 0 Å². The van der Waals surface area contributed by atoms with Crippen LogP contribution in [-0.2, 0) is 6.42 Å². The Morgan fingerprint density at radius 3 is 2.48 bits per heavy atom. The second kappa shape index (κ2) is 6.16. The normalized spacial score (nSPS) is 10.9. The van der Waals surface area contributed by atoms with Gasteiger partial charge in [-0.25, -0.2) is 10.1 Å². The molecule has 6 nitrogen and oxygen atoms in total. The van der Waals surface area contributed by atoms with E-state index in [1.807, 2.05) is 54.6 Å². The molecule has 0 aliphatic rings. The topological polar surface area (TPSA) is 97.5 Å². The van der Waals surface area contributed by atoms with E-state index in [9.17, 15) is 4.79 Å². The number of ketones is 1. The molecule has 0 unspecified atom stereocenters. The van der Waals surface area contributed by atoms with E-state index in [0.717, 1.165) is 11.1 Å². The first-order valence-corrected chi connectivity index (χ1v) is 7.85. The van der Waals surface area contributed by atoms with Crippen LogP contribution in [0.15, 0.2) is 60.7 Å². The summed E-state index contributed by atoms with van der Waals surface area (Å²) in [5.74, 6) is 0.434. The number of carbonyl (C=O) groups excluding carboxylic acids is 1. The van der Waals surface area contributed by atoms with Crippen molar-refractivity contribution in [3.05, 3.63) is 82.9 Å². The van der Waals surface area contributed by atoms with Crippen molar-refractivity contribution in [3.8, 4) is 0 Å². The lowest BCUT2D eigenvalue weighted by molar-refractivity contribution is 0.103. The molecule has 6 heteroatoms. The maximum absolute atomic E-state index is 12.5. The van der Waals surface area contributed by atoms with Crippen LogP contribution in [0.5, 0.6) is 0 Å². The van der Waals surface area contributed by atoms with Crippen LogP contribution in [0.25, 0.3) is 11.2 Å². The standard InChI is InChI=1S/C19H15N5O/c20-16-11-15(17-19(21-16)23-24-22-17)10-12-6-8-14(9-7-12)18(25)13-4-2-1-3-5-13/h1-9,11H,10H2,(H3,20,21,22,23,24). The van der Waals surface area contributed by atoms with E-state index in [-0.39, 0.29) is 5.78 Å². The van der Waals surface area contributed by atoms with Gasteiger partial charge in [-0.15, -0.1) is 5.10 Å². The third-order valence-corrected chi connectivity index (χ3v) is 4.04. The second-order valence-electron chi connectivity index (χ2n) is 5.78. The number of aromatic nitrogens is 4. The van der Waals surface area contributed by atoms with Gasteiger partial charge in [-0.1, -0.05) is 59.8 Å². The third-order valence-electron chi connectivity index (χ3n) is 4.04. The number of anilines is 1. The van der Waals surface area contributed by atoms with Crippen LogP contribution in [0.2, 0.25) is 0 Å². The second-order valence-corrected chi connectivity index (χ2v) is 5.78. The summed E-state index contributed by atoms with van der Waals surface area (Å²) < 4.78 is 0. The maximum atomic E-state index is 12.5. The SMILES string of the molecule is Nc1cc(Cc2ccc(C(=O)c3ccccc3)cc2)c2nn[nH]c2n1. The Bertz CT molecular complexity index is 1040. The molecule has 0 spiro atoms. The van der Waals surface area contributed by atoms with Crippen molar-refractivity contribution in [1.29, 1.82) is 0 Å². The van der Waals surface area contributed by atoms with Gasteiger partial charge in [-0.3, -0.25) is 4.79 Å². The van der Waals surface area contributed by atoms with E-state index < -0.39 is 0 Å². The highest BCUT2D eigenvalue weighted by Gasteiger charge is 2.11. The molecule has 25 heavy (non-hydrogen) atoms. The molecule has 0 aliphatic heterocycles. The highest BCUT2D eigenvalue weighted by molar-refractivity contribution is 6.08. The zero-order valence-corrected chi connectivity index (χ0v) is 13.3. The fourth-order valence-electron chi connectivity index (χ4n) is 2.81. The Morgan fingerprint density at radius 2 is 1.72 bits per heavy atom. The Morgan fingerprint density at radius 1 is 1.00 bits per heavy atom. The summed E-state index contributed by atoms with van der Waals surface area (Å²) in [7, 11) is 0. The van der Waals surface area contributed by atoms with Gasteiger partial charge in [0.05, 0.1) is 0 Å². The van der Waals surface area contributed by atoms with Gasteiger partial charge in [0.25, 0.3) is 0 Å². The lowest BCUT2D eigenvalue weighted by Gasteiger charge is -2.06. The molecule has 0 amide bonds. The van der Waals surface area contributed by atoms with Crippen molar-refractivity contribution in [1.82, 2.24) is 20.4 Å². The van der Waals surface area contributed by atoms with Crippen molar-refractivity contribution < 1.29 is 4.79 Å². The molecule has 0 atom stereocenters. The number of rotatable bonds is 4. The van der Waals surface area contributed by atoms with Crippen LogP contribution in [0, 0.1) is 0 Å². The smallest absolute Gasteiger partial charge is 0.193 e. The van der Waals surface area contributed by atoms with Crippen LogP contribution in [0.3, 0.4) is 0 Å². The predicted octanol–water partition coefficient (Wildman–Crippen LogP) is 2.76. The number of hydrogen-bond acceptors (Lipinski definition) is 5. The van der Waals surface area contributed by atoms with Crippen LogP contribution >= 0.6 is 0 Å². The van der Waals surface area contributed by atoms with Gasteiger partial charge in [-0.2, -0.15) is 0 Å². The number of nitrogen functional groups attached to an aromatic ring is 1. The molecule has 0 saturated carbocycles. The minimum atomic E-state index is 0.0131. The van der Waals surface area contributed by atoms with Crippen LogP contribution in [-0.4, -0.2) is 26.2 Å². The van der Waals surface area contributed by atoms with Crippen LogP contribution < -0.4 is 5.73 Å². The average molecular weight is 329 g/mol. The van der Waals surface area contributed by atoms with E-state index in [2.05, 4.69) is 20.4 Å². The number of nitrogens with one attached hydrogen (secondary N) is 1. The van der Waals surface area contributed by atoms with E-state index in [1.54, 1.807) is 6.07 Å². The highest BCUT2D eigenvalue weighted by Crippen LogP contribution is 2.20. The molecule has 4 aromatic rings. The Balaban J connectivity index is 1.60. The number of carbonyl (C=O) groups is 1. The van der Waals surface area contributed by atoms with Gasteiger partial charge in [0, 0.05) is 11.1 Å². The van der Waals surface area contributed by atoms with Gasteiger partial charge >= 0.3 is 0 Å². The number of aromatic amines is 1. The first-order chi connectivity index (χ1) is 12.2. The number of nitrogens with zero attached hydrogens (tertiary/aromatic N) is 3. The molecule has 0 aliphatic carbocycles. The van der Waals surface area contributed by atoms with Crippen molar-refractivity contribution in [2.75, 3.05) is 5.73 Å². The average Bonchev–Trinajstić information content (AvgIpc) is 3.11. The summed E-state index contributed by atoms with van der Waals surface area (Å²) >= 11 is 0. The lowest BCUT2D eigenvalue weighted by Crippen LogP contribution is -2.01. The van der Waals surface area contributed by atoms with Gasteiger partial charge in [0.2, 0.25) is 0 Å². The summed E-state index contributed by atoms with van der Waals surface area (Å²) in [6.45, 7) is 0. The van der Waals surface area contributed by atoms with E-state index >= 15 is 0 Å². The molecule has 122 valence electrons. The summed E-state index contributed by atoms with van der Waals surface area (Å²) in [4.78, 5) is 16.6. The fourth-order valence-corrected chi connectivity index (χ4v) is 2.81. The van der Waals surface area contributed by atoms with Gasteiger partial charge in [-0.05, 0) is 23.6 Å². The quantitative estimate of drug-likeness (QED) is 0.561. The van der Waals surface area contributed by atoms with Crippen LogP contribution in [0.1, 0.15) is 27.0 Å². The van der Waals surface area contributed by atoms with Crippen molar-refractivity contribution in [2.45, 2.75) is 6.42 Å². The predicted molar refractivity (Wildman–Crippen MR) is 95.2 cm³/mol. The zero-order chi connectivity index (χ0) is 17.2. The van der Waals surface area contributed by atoms with E-state index in [0.29, 0.717) is 34.5 Å². The largest absolute Gasteiger partial charge is 0.384 e. The zero-order valence-electron chi connectivity index (χ0n) is 13.3. The minimum Gasteiger partial charge on any atom is -0.384 e. The fraction of sp³-hybridized carbons (Fsp3) is 0.0526. The Labute approximate surface area is 143 Å². The number of hydrogen-bond donors (Lipinski definition) is 2. The maximum Gasteiger partial charge on any atom is 0.193 e. The van der Waals surface area contributed by atoms with Gasteiger partial charge < -0.3 is 5.73 Å². The van der Waals surface area contributed by atoms with Gasteiger partial charge in [0.15, 0.2) is 11.4 Å². The monoisotopic (exact) mass is 329 g/mol. The number of pyridine rings is 1. The molecule has 3 N–H and O–H groups in total. The molecule has 4 rings (SSSR count). The van der Waals surface area contributed by atoms with E-state index in [1.165, 1.54) is 0 Å². The summed E-state index contributed by atoms with van der Waals surface area (Å²) in [5.41, 5.74) is 10.5. The molecule has 0 radical (unpaired) electrons. The molecule has 0 saturated heterocycles. The first-order valence-electron chi connectivity index (χ1n) is 7.85. The molecule has 0 fully saturated rings. The van der Waals surface area contributed by atoms with Crippen molar-refractivity contribution >= 4 is 22.8 Å². The Hall–Kier alpha value is -3.54. The number of H-pyrrole nitrogens is 1. The third kappa shape index (κ3) is 2.97. The lowest BCUT2D eigenvalue weighted by atomic mass is 9.99. The molecular weight excluding hydrogens is 314 g/mol. The van der Waals surface area contributed by atoms with Crippen LogP contribution in [0.4, 0.5) is 5.82 Å². The Kier molecular flexibility index (Phi) is 3.70.